The van der Waals surface area contributed by atoms with Gasteiger partial charge in [-0.2, -0.15) is 0 Å². The molecule has 0 radical (unpaired) electrons. The number of carbonyl (C=O) groups is 2. The number of carboxylic acid groups (broad SMARTS) is 1. The zero-order valence-corrected chi connectivity index (χ0v) is 11.9. The second-order valence-electron chi connectivity index (χ2n) is 5.02. The molecular formula is C17H14O5. The molecule has 0 saturated heterocycles. The van der Waals surface area contributed by atoms with Gasteiger partial charge in [-0.05, 0) is 35.9 Å². The number of Topliss-reactive ketones (excluding diaryl/α,β-unsaturated/α-hetero) is 1. The van der Waals surface area contributed by atoms with E-state index in [9.17, 15) is 9.59 Å². The van der Waals surface area contributed by atoms with E-state index in [0.717, 1.165) is 5.56 Å². The summed E-state index contributed by atoms with van der Waals surface area (Å²) in [7, 11) is 1.54. The van der Waals surface area contributed by atoms with Crippen LogP contribution in [-0.4, -0.2) is 24.0 Å². The van der Waals surface area contributed by atoms with Crippen molar-refractivity contribution >= 4 is 11.8 Å². The summed E-state index contributed by atoms with van der Waals surface area (Å²) in [5, 5.41) is 8.91. The smallest absolute Gasteiger partial charge is 0.335 e. The lowest BCUT2D eigenvalue weighted by atomic mass is 9.95. The molecule has 112 valence electrons. The van der Waals surface area contributed by atoms with Crippen LogP contribution in [-0.2, 0) is 0 Å². The predicted octanol–water partition coefficient (Wildman–Crippen LogP) is 3.10. The average Bonchev–Trinajstić information content (AvgIpc) is 2.54. The number of carbonyl (C=O) groups excluding carboxylic acids is 1. The Hall–Kier alpha value is -2.82. The summed E-state index contributed by atoms with van der Waals surface area (Å²) in [5.74, 6) is 0.126. The van der Waals surface area contributed by atoms with Crippen LogP contribution in [0.3, 0.4) is 0 Å². The number of methoxy groups -OCH3 is 1. The number of fused-ring (bicyclic) bond motifs is 1. The number of benzene rings is 2. The van der Waals surface area contributed by atoms with Gasteiger partial charge >= 0.3 is 5.97 Å². The van der Waals surface area contributed by atoms with Crippen LogP contribution in [0.15, 0.2) is 42.5 Å². The first-order valence-corrected chi connectivity index (χ1v) is 6.79. The Morgan fingerprint density at radius 1 is 1.23 bits per heavy atom. The Morgan fingerprint density at radius 3 is 2.59 bits per heavy atom. The second-order valence-corrected chi connectivity index (χ2v) is 5.02. The SMILES string of the molecule is COc1ccc2c(c1)C(=O)CC(c1ccc(C(=O)O)cc1)O2. The van der Waals surface area contributed by atoms with Crippen molar-refractivity contribution in [1.29, 1.82) is 0 Å². The number of hydrogen-bond acceptors (Lipinski definition) is 4. The van der Waals surface area contributed by atoms with Crippen LogP contribution in [0.1, 0.15) is 38.8 Å². The maximum absolute atomic E-state index is 12.3. The summed E-state index contributed by atoms with van der Waals surface area (Å²) in [5.41, 5.74) is 1.49. The molecular weight excluding hydrogens is 284 g/mol. The van der Waals surface area contributed by atoms with E-state index >= 15 is 0 Å². The molecule has 3 rings (SSSR count). The van der Waals surface area contributed by atoms with E-state index in [1.807, 2.05) is 0 Å². The lowest BCUT2D eigenvalue weighted by Crippen LogP contribution is -2.20. The lowest BCUT2D eigenvalue weighted by molar-refractivity contribution is 0.0695. The van der Waals surface area contributed by atoms with E-state index in [1.54, 1.807) is 37.4 Å². The highest BCUT2D eigenvalue weighted by Gasteiger charge is 2.28. The monoisotopic (exact) mass is 298 g/mol. The highest BCUT2D eigenvalue weighted by Crippen LogP contribution is 2.36. The van der Waals surface area contributed by atoms with E-state index in [2.05, 4.69) is 0 Å². The number of carboxylic acids is 1. The quantitative estimate of drug-likeness (QED) is 0.942. The van der Waals surface area contributed by atoms with Gasteiger partial charge in [0.25, 0.3) is 0 Å². The molecule has 1 N–H and O–H groups in total. The maximum atomic E-state index is 12.3. The summed E-state index contributed by atoms with van der Waals surface area (Å²) >= 11 is 0. The van der Waals surface area contributed by atoms with Crippen molar-refractivity contribution in [2.24, 2.45) is 0 Å². The largest absolute Gasteiger partial charge is 0.497 e. The molecule has 1 aliphatic rings. The molecule has 0 aromatic heterocycles. The summed E-state index contributed by atoms with van der Waals surface area (Å²) in [6, 6.07) is 11.5. The molecule has 5 nitrogen and oxygen atoms in total. The number of hydrogen-bond donors (Lipinski definition) is 1. The van der Waals surface area contributed by atoms with Crippen LogP contribution in [0, 0.1) is 0 Å². The summed E-state index contributed by atoms with van der Waals surface area (Å²) in [6.07, 6.45) is -0.191. The van der Waals surface area contributed by atoms with Crippen molar-refractivity contribution in [3.63, 3.8) is 0 Å². The van der Waals surface area contributed by atoms with Gasteiger partial charge in [-0.15, -0.1) is 0 Å². The van der Waals surface area contributed by atoms with Gasteiger partial charge in [0.1, 0.15) is 17.6 Å². The minimum atomic E-state index is -0.982. The first kappa shape index (κ1) is 14.1. The van der Waals surface area contributed by atoms with E-state index in [-0.39, 0.29) is 17.8 Å². The number of ether oxygens (including phenoxy) is 2. The first-order valence-electron chi connectivity index (χ1n) is 6.79. The Morgan fingerprint density at radius 2 is 1.95 bits per heavy atom. The van der Waals surface area contributed by atoms with Crippen molar-refractivity contribution in [3.05, 3.63) is 59.2 Å². The summed E-state index contributed by atoms with van der Waals surface area (Å²) in [6.45, 7) is 0. The van der Waals surface area contributed by atoms with Gasteiger partial charge in [-0.1, -0.05) is 12.1 Å². The Balaban J connectivity index is 1.88. The Labute approximate surface area is 127 Å². The molecule has 0 saturated carbocycles. The highest BCUT2D eigenvalue weighted by molar-refractivity contribution is 6.00. The molecule has 1 unspecified atom stereocenters. The van der Waals surface area contributed by atoms with Gasteiger partial charge in [0.15, 0.2) is 5.78 Å². The molecule has 0 fully saturated rings. The minimum Gasteiger partial charge on any atom is -0.497 e. The molecule has 2 aromatic rings. The topological polar surface area (TPSA) is 72.8 Å². The van der Waals surface area contributed by atoms with Gasteiger partial charge in [0.05, 0.1) is 24.7 Å². The maximum Gasteiger partial charge on any atom is 0.335 e. The minimum absolute atomic E-state index is 0.0209. The average molecular weight is 298 g/mol. The summed E-state index contributed by atoms with van der Waals surface area (Å²) < 4.78 is 11.0. The molecule has 22 heavy (non-hydrogen) atoms. The molecule has 1 atom stereocenters. The third kappa shape index (κ3) is 2.53. The highest BCUT2D eigenvalue weighted by atomic mass is 16.5. The van der Waals surface area contributed by atoms with Gasteiger partial charge in [0, 0.05) is 0 Å². The fourth-order valence-corrected chi connectivity index (χ4v) is 2.46. The van der Waals surface area contributed by atoms with Crippen LogP contribution < -0.4 is 9.47 Å². The molecule has 1 aliphatic heterocycles. The normalized spacial score (nSPS) is 16.6. The molecule has 0 aliphatic carbocycles. The van der Waals surface area contributed by atoms with Crippen LogP contribution >= 0.6 is 0 Å². The Kier molecular flexibility index (Phi) is 3.55. The van der Waals surface area contributed by atoms with Crippen molar-refractivity contribution in [2.75, 3.05) is 7.11 Å². The third-order valence-electron chi connectivity index (χ3n) is 3.66. The molecule has 0 amide bonds. The molecule has 1 heterocycles. The van der Waals surface area contributed by atoms with Crippen molar-refractivity contribution in [3.8, 4) is 11.5 Å². The van der Waals surface area contributed by atoms with Crippen molar-refractivity contribution in [1.82, 2.24) is 0 Å². The van der Waals surface area contributed by atoms with Crippen molar-refractivity contribution < 1.29 is 24.2 Å². The molecule has 2 aromatic carbocycles. The zero-order chi connectivity index (χ0) is 15.7. The van der Waals surface area contributed by atoms with Crippen LogP contribution in [0.5, 0.6) is 11.5 Å². The molecule has 5 heteroatoms. The van der Waals surface area contributed by atoms with Gasteiger partial charge in [0.2, 0.25) is 0 Å². The summed E-state index contributed by atoms with van der Waals surface area (Å²) in [4.78, 5) is 23.2. The van der Waals surface area contributed by atoms with Crippen LogP contribution in [0.4, 0.5) is 0 Å². The lowest BCUT2D eigenvalue weighted by Gasteiger charge is -2.25. The second kappa shape index (κ2) is 5.52. The van der Waals surface area contributed by atoms with E-state index in [4.69, 9.17) is 14.6 Å². The fraction of sp³-hybridized carbons (Fsp3) is 0.176. The zero-order valence-electron chi connectivity index (χ0n) is 11.9. The number of ketones is 1. The number of aromatic carboxylic acids is 1. The first-order chi connectivity index (χ1) is 10.6. The Bertz CT molecular complexity index is 733. The third-order valence-corrected chi connectivity index (χ3v) is 3.66. The van der Waals surface area contributed by atoms with Crippen LogP contribution in [0.2, 0.25) is 0 Å². The molecule has 0 spiro atoms. The fourth-order valence-electron chi connectivity index (χ4n) is 2.46. The van der Waals surface area contributed by atoms with Gasteiger partial charge < -0.3 is 14.6 Å². The van der Waals surface area contributed by atoms with E-state index < -0.39 is 12.1 Å². The standard InChI is InChI=1S/C17H14O5/c1-21-12-6-7-15-13(8-12)14(18)9-16(22-15)10-2-4-11(5-3-10)17(19)20/h2-8,16H,9H2,1H3,(H,19,20). The molecule has 0 bridgehead atoms. The van der Waals surface area contributed by atoms with Crippen molar-refractivity contribution in [2.45, 2.75) is 12.5 Å². The van der Waals surface area contributed by atoms with E-state index in [1.165, 1.54) is 12.1 Å². The van der Waals surface area contributed by atoms with Gasteiger partial charge in [-0.25, -0.2) is 4.79 Å². The number of rotatable bonds is 3. The predicted molar refractivity (Wildman–Crippen MR) is 78.7 cm³/mol. The van der Waals surface area contributed by atoms with E-state index in [0.29, 0.717) is 17.1 Å². The van der Waals surface area contributed by atoms with Gasteiger partial charge in [-0.3, -0.25) is 4.79 Å². The van der Waals surface area contributed by atoms with Crippen LogP contribution in [0.25, 0.3) is 0 Å².